The lowest BCUT2D eigenvalue weighted by Gasteiger charge is -2.44. The first kappa shape index (κ1) is 16.9. The van der Waals surface area contributed by atoms with E-state index >= 15 is 0 Å². The third-order valence-corrected chi connectivity index (χ3v) is 5.72. The highest BCUT2D eigenvalue weighted by atomic mass is 16.1. The zero-order valence-electron chi connectivity index (χ0n) is 15.3. The van der Waals surface area contributed by atoms with Crippen molar-refractivity contribution in [2.45, 2.75) is 24.9 Å². The van der Waals surface area contributed by atoms with Crippen LogP contribution in [0, 0.1) is 17.2 Å². The van der Waals surface area contributed by atoms with Crippen LogP contribution < -0.4 is 10.5 Å². The molecule has 0 aliphatic carbocycles. The molecule has 3 atom stereocenters. The second-order valence-electron chi connectivity index (χ2n) is 7.67. The van der Waals surface area contributed by atoms with E-state index in [9.17, 15) is 10.1 Å². The van der Waals surface area contributed by atoms with E-state index in [4.69, 9.17) is 0 Å². The molecule has 5 heteroatoms. The fraction of sp³-hybridized carbons (Fsp3) is 0.429. The van der Waals surface area contributed by atoms with Crippen molar-refractivity contribution in [3.05, 3.63) is 64.1 Å². The van der Waals surface area contributed by atoms with E-state index in [0.29, 0.717) is 11.8 Å². The molecule has 0 amide bonds. The smallest absolute Gasteiger partial charge is 0.250 e. The molecule has 1 saturated heterocycles. The number of nitrogens with zero attached hydrogens (tertiary/aromatic N) is 4. The Labute approximate surface area is 154 Å². The van der Waals surface area contributed by atoms with Crippen LogP contribution >= 0.6 is 0 Å². The Hall–Kier alpha value is -2.58. The third kappa shape index (κ3) is 2.91. The van der Waals surface area contributed by atoms with Gasteiger partial charge in [0.15, 0.2) is 0 Å². The molecule has 0 radical (unpaired) electrons. The van der Waals surface area contributed by atoms with Gasteiger partial charge in [-0.3, -0.25) is 9.69 Å². The highest BCUT2D eigenvalue weighted by Crippen LogP contribution is 2.38. The number of aromatic nitrogens is 1. The van der Waals surface area contributed by atoms with Gasteiger partial charge < -0.3 is 9.47 Å². The van der Waals surface area contributed by atoms with Gasteiger partial charge in [-0.2, -0.15) is 5.26 Å². The van der Waals surface area contributed by atoms with Crippen molar-refractivity contribution >= 4 is 5.69 Å². The van der Waals surface area contributed by atoms with Gasteiger partial charge in [-0.1, -0.05) is 18.2 Å². The molecular formula is C21H24N4O. The van der Waals surface area contributed by atoms with Gasteiger partial charge in [0.25, 0.3) is 5.56 Å². The molecule has 2 aromatic rings. The Balaban J connectivity index is 1.61. The lowest BCUT2D eigenvalue weighted by molar-refractivity contribution is 0.100. The van der Waals surface area contributed by atoms with Gasteiger partial charge >= 0.3 is 0 Å². The first-order valence-electron chi connectivity index (χ1n) is 9.17. The molecule has 1 aromatic heterocycles. The van der Waals surface area contributed by atoms with E-state index in [2.05, 4.69) is 46.2 Å². The molecule has 26 heavy (non-hydrogen) atoms. The van der Waals surface area contributed by atoms with Crippen LogP contribution in [-0.2, 0) is 6.54 Å². The summed E-state index contributed by atoms with van der Waals surface area (Å²) in [6.45, 7) is 2.46. The number of pyridine rings is 1. The van der Waals surface area contributed by atoms with Crippen molar-refractivity contribution in [3.8, 4) is 6.07 Å². The average molecular weight is 348 g/mol. The molecule has 0 N–H and O–H groups in total. The van der Waals surface area contributed by atoms with Crippen LogP contribution in [0.15, 0.2) is 47.3 Å². The highest BCUT2D eigenvalue weighted by molar-refractivity contribution is 5.47. The first-order chi connectivity index (χ1) is 12.6. The fourth-order valence-corrected chi connectivity index (χ4v) is 4.47. The number of rotatable bonds is 3. The minimum Gasteiger partial charge on any atom is -0.378 e. The molecular weight excluding hydrogens is 324 g/mol. The molecule has 1 fully saturated rings. The SMILES string of the molecule is CN(C)c1ccc(C(C#N)N2CC3CC(C2)c2cccc(=O)n2C3)cc1. The number of piperidine rings is 1. The molecule has 0 spiro atoms. The topological polar surface area (TPSA) is 52.3 Å². The van der Waals surface area contributed by atoms with Crippen molar-refractivity contribution < 1.29 is 0 Å². The van der Waals surface area contributed by atoms with E-state index in [-0.39, 0.29) is 11.6 Å². The molecule has 2 bridgehead atoms. The summed E-state index contributed by atoms with van der Waals surface area (Å²) in [5.74, 6) is 0.756. The number of nitriles is 1. The predicted molar refractivity (Wildman–Crippen MR) is 102 cm³/mol. The molecule has 134 valence electrons. The number of benzene rings is 1. The van der Waals surface area contributed by atoms with Crippen LogP contribution in [0.4, 0.5) is 5.69 Å². The second kappa shape index (κ2) is 6.62. The molecule has 0 saturated carbocycles. The third-order valence-electron chi connectivity index (χ3n) is 5.72. The normalized spacial score (nSPS) is 23.0. The molecule has 3 unspecified atom stereocenters. The van der Waals surface area contributed by atoms with Crippen molar-refractivity contribution in [1.82, 2.24) is 9.47 Å². The van der Waals surface area contributed by atoms with Crippen LogP contribution in [0.1, 0.15) is 29.6 Å². The standard InChI is InChI=1S/C21H24N4O/c1-23(2)18-8-6-16(7-9-18)20(11-22)24-12-15-10-17(14-24)19-4-3-5-21(26)25(19)13-15/h3-9,15,17,20H,10,12-14H2,1-2H3. The van der Waals surface area contributed by atoms with Gasteiger partial charge in [0, 0.05) is 57.1 Å². The molecule has 1 aromatic carbocycles. The number of hydrogen-bond donors (Lipinski definition) is 0. The Morgan fingerprint density at radius 1 is 1.12 bits per heavy atom. The average Bonchev–Trinajstić information content (AvgIpc) is 2.64. The van der Waals surface area contributed by atoms with Crippen molar-refractivity contribution in [1.29, 1.82) is 5.26 Å². The lowest BCUT2D eigenvalue weighted by Crippen LogP contribution is -2.47. The second-order valence-corrected chi connectivity index (χ2v) is 7.67. The Morgan fingerprint density at radius 3 is 2.58 bits per heavy atom. The molecule has 2 aliphatic rings. The van der Waals surface area contributed by atoms with Crippen LogP contribution in [0.5, 0.6) is 0 Å². The minimum atomic E-state index is -0.238. The molecule has 3 heterocycles. The Kier molecular flexibility index (Phi) is 4.29. The Morgan fingerprint density at radius 2 is 1.88 bits per heavy atom. The van der Waals surface area contributed by atoms with Gasteiger partial charge in [-0.15, -0.1) is 0 Å². The maximum atomic E-state index is 12.2. The van der Waals surface area contributed by atoms with Crippen LogP contribution in [0.2, 0.25) is 0 Å². The summed E-state index contributed by atoms with van der Waals surface area (Å²) in [6, 6.07) is 16.1. The van der Waals surface area contributed by atoms with Crippen LogP contribution in [0.3, 0.4) is 0 Å². The molecule has 5 nitrogen and oxygen atoms in total. The fourth-order valence-electron chi connectivity index (χ4n) is 4.47. The summed E-state index contributed by atoms with van der Waals surface area (Å²) >= 11 is 0. The van der Waals surface area contributed by atoms with E-state index in [1.54, 1.807) is 6.07 Å². The zero-order valence-corrected chi connectivity index (χ0v) is 15.3. The van der Waals surface area contributed by atoms with Crippen LogP contribution in [0.25, 0.3) is 0 Å². The van der Waals surface area contributed by atoms with E-state index in [0.717, 1.165) is 43.0 Å². The minimum absolute atomic E-state index is 0.0988. The van der Waals surface area contributed by atoms with Crippen molar-refractivity contribution in [2.24, 2.45) is 5.92 Å². The number of hydrogen-bond acceptors (Lipinski definition) is 4. The predicted octanol–water partition coefficient (Wildman–Crippen LogP) is 2.60. The summed E-state index contributed by atoms with van der Waals surface area (Å²) < 4.78 is 1.93. The lowest BCUT2D eigenvalue weighted by atomic mass is 9.82. The number of fused-ring (bicyclic) bond motifs is 4. The van der Waals surface area contributed by atoms with Gasteiger partial charge in [0.2, 0.25) is 0 Å². The van der Waals surface area contributed by atoms with Crippen LogP contribution in [-0.4, -0.2) is 36.7 Å². The maximum Gasteiger partial charge on any atom is 0.250 e. The first-order valence-corrected chi connectivity index (χ1v) is 9.17. The van der Waals surface area contributed by atoms with E-state index in [1.165, 1.54) is 0 Å². The maximum absolute atomic E-state index is 12.2. The van der Waals surface area contributed by atoms with Gasteiger partial charge in [-0.05, 0) is 36.1 Å². The summed E-state index contributed by atoms with van der Waals surface area (Å²) in [5, 5.41) is 9.86. The summed E-state index contributed by atoms with van der Waals surface area (Å²) in [6.07, 6.45) is 1.11. The van der Waals surface area contributed by atoms with E-state index < -0.39 is 0 Å². The number of likely N-dealkylation sites (tertiary alicyclic amines) is 1. The van der Waals surface area contributed by atoms with Gasteiger partial charge in [-0.25, -0.2) is 0 Å². The monoisotopic (exact) mass is 348 g/mol. The zero-order chi connectivity index (χ0) is 18.3. The molecule has 4 rings (SSSR count). The number of anilines is 1. The van der Waals surface area contributed by atoms with E-state index in [1.807, 2.05) is 24.7 Å². The van der Waals surface area contributed by atoms with Gasteiger partial charge in [0.05, 0.1) is 6.07 Å². The summed E-state index contributed by atoms with van der Waals surface area (Å²) in [5.41, 5.74) is 3.40. The largest absolute Gasteiger partial charge is 0.378 e. The van der Waals surface area contributed by atoms with Crippen molar-refractivity contribution in [2.75, 3.05) is 32.1 Å². The summed E-state index contributed by atoms with van der Waals surface area (Å²) in [7, 11) is 4.03. The van der Waals surface area contributed by atoms with Crippen molar-refractivity contribution in [3.63, 3.8) is 0 Å². The summed E-state index contributed by atoms with van der Waals surface area (Å²) in [4.78, 5) is 16.5. The van der Waals surface area contributed by atoms with Gasteiger partial charge in [0.1, 0.15) is 6.04 Å². The quantitative estimate of drug-likeness (QED) is 0.856. The molecule has 2 aliphatic heterocycles. The Bertz CT molecular complexity index is 893. The highest BCUT2D eigenvalue weighted by Gasteiger charge is 2.37.